The van der Waals surface area contributed by atoms with Gasteiger partial charge in [-0.15, -0.1) is 0 Å². The van der Waals surface area contributed by atoms with E-state index in [0.717, 1.165) is 68.8 Å². The zero-order valence-electron chi connectivity index (χ0n) is 26.1. The van der Waals surface area contributed by atoms with Crippen LogP contribution in [0.5, 0.6) is 5.75 Å². The maximum absolute atomic E-state index is 11.3. The molecule has 1 unspecified atom stereocenters. The lowest BCUT2D eigenvalue weighted by molar-refractivity contribution is -0.139. The molecule has 2 fully saturated rings. The first-order valence-corrected chi connectivity index (χ1v) is 15.1. The fourth-order valence-corrected chi connectivity index (χ4v) is 5.30. The van der Waals surface area contributed by atoms with Gasteiger partial charge in [-0.25, -0.2) is 9.97 Å². The summed E-state index contributed by atoms with van der Waals surface area (Å²) in [6.07, 6.45) is 11.4. The highest BCUT2D eigenvalue weighted by Gasteiger charge is 2.26. The smallest absolute Gasteiger partial charge is 0.322 e. The van der Waals surface area contributed by atoms with Gasteiger partial charge in [-0.05, 0) is 56.2 Å². The monoisotopic (exact) mass is 606 g/mol. The van der Waals surface area contributed by atoms with Crippen LogP contribution in [0.2, 0.25) is 0 Å². The van der Waals surface area contributed by atoms with Crippen LogP contribution in [0.25, 0.3) is 0 Å². The minimum Gasteiger partial charge on any atom is -0.490 e. The van der Waals surface area contributed by atoms with Gasteiger partial charge in [0.1, 0.15) is 19.0 Å². The number of anilines is 2. The molecule has 0 spiro atoms. The van der Waals surface area contributed by atoms with E-state index in [0.29, 0.717) is 30.6 Å². The fourth-order valence-electron chi connectivity index (χ4n) is 5.30. The van der Waals surface area contributed by atoms with Crippen LogP contribution >= 0.6 is 0 Å². The molecule has 0 radical (unpaired) electrons. The third kappa shape index (κ3) is 10.1. The maximum atomic E-state index is 11.3. The summed E-state index contributed by atoms with van der Waals surface area (Å²) < 4.78 is 10.2. The third-order valence-corrected chi connectivity index (χ3v) is 7.84. The number of aromatic nitrogens is 2. The summed E-state index contributed by atoms with van der Waals surface area (Å²) in [4.78, 5) is 32.0. The van der Waals surface area contributed by atoms with Gasteiger partial charge in [-0.3, -0.25) is 9.59 Å². The Bertz CT molecular complexity index is 1270. The molecule has 2 aliphatic rings. The lowest BCUT2D eigenvalue weighted by Crippen LogP contribution is -2.40. The van der Waals surface area contributed by atoms with E-state index in [1.807, 2.05) is 30.3 Å². The average molecular weight is 607 g/mol. The number of carbonyl (C=O) groups excluding carboxylic acids is 1. The van der Waals surface area contributed by atoms with Crippen LogP contribution in [-0.4, -0.2) is 73.9 Å². The van der Waals surface area contributed by atoms with Crippen molar-refractivity contribution < 1.29 is 24.2 Å². The number of nitrogens with one attached hydrogen (secondary N) is 3. The van der Waals surface area contributed by atoms with Gasteiger partial charge in [0, 0.05) is 31.9 Å². The Morgan fingerprint density at radius 1 is 1.25 bits per heavy atom. The highest BCUT2D eigenvalue weighted by atomic mass is 16.5. The number of piperidine rings is 2. The Balaban J connectivity index is 0.000000448. The number of hydrogen-bond donors (Lipinski definition) is 4. The number of methoxy groups -OCH3 is 1. The van der Waals surface area contributed by atoms with Crippen LogP contribution in [0.3, 0.4) is 0 Å². The van der Waals surface area contributed by atoms with E-state index >= 15 is 0 Å². The zero-order chi connectivity index (χ0) is 31.7. The van der Waals surface area contributed by atoms with Gasteiger partial charge in [-0.2, -0.15) is 0 Å². The minimum atomic E-state index is -0.926. The molecule has 0 amide bonds. The number of carboxylic acid groups (broad SMARTS) is 1. The molecular formula is C33H46N6O5. The Morgan fingerprint density at radius 2 is 2.00 bits per heavy atom. The third-order valence-electron chi connectivity index (χ3n) is 7.84. The molecule has 4 N–H and O–H groups in total. The van der Waals surface area contributed by atoms with E-state index in [9.17, 15) is 14.7 Å². The van der Waals surface area contributed by atoms with Crippen molar-refractivity contribution in [3.8, 4) is 5.75 Å². The predicted octanol–water partition coefficient (Wildman–Crippen LogP) is 4.31. The summed E-state index contributed by atoms with van der Waals surface area (Å²) in [5.74, 6) is 1.40. The molecule has 0 aliphatic carbocycles. The van der Waals surface area contributed by atoms with E-state index in [-0.39, 0.29) is 6.54 Å². The van der Waals surface area contributed by atoms with E-state index in [2.05, 4.69) is 61.2 Å². The molecule has 2 aromatic rings. The Hall–Kier alpha value is -4.38. The predicted molar refractivity (Wildman–Crippen MR) is 173 cm³/mol. The van der Waals surface area contributed by atoms with Gasteiger partial charge in [0.25, 0.3) is 6.47 Å². The average Bonchev–Trinajstić information content (AvgIpc) is 3.06. The Kier molecular flexibility index (Phi) is 14.2. The molecule has 1 aromatic heterocycles. The van der Waals surface area contributed by atoms with Gasteiger partial charge in [-0.1, -0.05) is 61.6 Å². The summed E-state index contributed by atoms with van der Waals surface area (Å²) in [5, 5.41) is 18.5. The summed E-state index contributed by atoms with van der Waals surface area (Å²) in [7, 11) is 3.21. The second-order valence-corrected chi connectivity index (χ2v) is 10.6. The maximum Gasteiger partial charge on any atom is 0.322 e. The van der Waals surface area contributed by atoms with Crippen molar-refractivity contribution >= 4 is 24.1 Å². The molecule has 11 heteroatoms. The highest BCUT2D eigenvalue weighted by molar-refractivity contribution is 5.74. The molecule has 1 aromatic carbocycles. The fraction of sp³-hybridized carbons (Fsp3) is 0.455. The summed E-state index contributed by atoms with van der Waals surface area (Å²) in [6, 6.07) is 8.82. The molecular weight excluding hydrogens is 560 g/mol. The van der Waals surface area contributed by atoms with Crippen molar-refractivity contribution in [2.75, 3.05) is 50.6 Å². The first-order valence-electron chi connectivity index (χ1n) is 15.1. The second-order valence-electron chi connectivity index (χ2n) is 10.6. The number of likely N-dealkylation sites (N-methyl/N-ethyl adjacent to an activating group) is 1. The number of nitrogens with zero attached hydrogens (tertiary/aromatic N) is 3. The van der Waals surface area contributed by atoms with Crippen LogP contribution in [0.4, 0.5) is 11.6 Å². The zero-order valence-corrected chi connectivity index (χ0v) is 26.1. The topological polar surface area (TPSA) is 138 Å². The van der Waals surface area contributed by atoms with Crippen molar-refractivity contribution in [3.63, 3.8) is 0 Å². The molecule has 0 saturated carbocycles. The molecule has 2 saturated heterocycles. The van der Waals surface area contributed by atoms with Crippen LogP contribution in [-0.2, 0) is 20.9 Å². The van der Waals surface area contributed by atoms with Crippen molar-refractivity contribution in [3.05, 3.63) is 77.8 Å². The molecule has 1 atom stereocenters. The number of hydrogen-bond acceptors (Lipinski definition) is 10. The number of aliphatic carboxylic acids is 1. The first-order chi connectivity index (χ1) is 21.4. The van der Waals surface area contributed by atoms with Crippen LogP contribution in [0.15, 0.2) is 72.2 Å². The number of carbonyl (C=O) groups is 2. The van der Waals surface area contributed by atoms with Crippen molar-refractivity contribution in [1.82, 2.24) is 20.6 Å². The summed E-state index contributed by atoms with van der Waals surface area (Å²) in [6.45, 7) is 10.1. The van der Waals surface area contributed by atoms with Gasteiger partial charge in [0.15, 0.2) is 11.6 Å². The van der Waals surface area contributed by atoms with Crippen molar-refractivity contribution in [1.29, 1.82) is 0 Å². The lowest BCUT2D eigenvalue weighted by atomic mass is 9.87. The highest BCUT2D eigenvalue weighted by Crippen LogP contribution is 2.36. The molecule has 2 aliphatic heterocycles. The molecule has 3 heterocycles. The molecule has 238 valence electrons. The second kappa shape index (κ2) is 18.3. The number of rotatable bonds is 13. The standard InChI is InChI=1S/C25H38N6O3.C8H8O2/c1-5-18(8-9-19-7-6-12-27-17(19)2)20-10-13-31(14-11-20)24-22(34-4)23(29-16-30-24)28-15-21(26-3)25(32)33;9-7-10-6-8-4-2-1-3-5-8/h8-9,16,20-21,26-27H,2,5-7,10-15H2,1,3-4H3,(H,32,33)(H,28,29,30);1-5,7H,6H2/b18-8+,19-9-;. The van der Waals surface area contributed by atoms with E-state index in [4.69, 9.17) is 4.74 Å². The summed E-state index contributed by atoms with van der Waals surface area (Å²) in [5.41, 5.74) is 4.85. The van der Waals surface area contributed by atoms with Gasteiger partial charge in [0.2, 0.25) is 5.75 Å². The van der Waals surface area contributed by atoms with E-state index in [1.54, 1.807) is 14.2 Å². The molecule has 4 rings (SSSR count). The molecule has 11 nitrogen and oxygen atoms in total. The van der Waals surface area contributed by atoms with Crippen LogP contribution < -0.4 is 25.6 Å². The number of carboxylic acids is 1. The minimum absolute atomic E-state index is 0.183. The van der Waals surface area contributed by atoms with Gasteiger partial charge < -0.3 is 35.4 Å². The Labute approximate surface area is 260 Å². The largest absolute Gasteiger partial charge is 0.490 e. The van der Waals surface area contributed by atoms with E-state index < -0.39 is 12.0 Å². The van der Waals surface area contributed by atoms with Crippen LogP contribution in [0, 0.1) is 5.92 Å². The molecule has 44 heavy (non-hydrogen) atoms. The first kappa shape index (κ1) is 34.1. The lowest BCUT2D eigenvalue weighted by Gasteiger charge is -2.34. The SMILES string of the molecule is C=C1NCCC/C1=C/C=C(\CC)C1CCN(c2ncnc(NCC(NC)C(=O)O)c2OC)CC1.O=COCc1ccccc1. The number of benzene rings is 1. The van der Waals surface area contributed by atoms with E-state index in [1.165, 1.54) is 17.5 Å². The van der Waals surface area contributed by atoms with Crippen molar-refractivity contribution in [2.24, 2.45) is 5.92 Å². The molecule has 0 bridgehead atoms. The van der Waals surface area contributed by atoms with Crippen LogP contribution in [0.1, 0.15) is 44.6 Å². The normalized spacial score (nSPS) is 17.2. The number of allylic oxidation sites excluding steroid dienone is 4. The van der Waals surface area contributed by atoms with Crippen molar-refractivity contribution in [2.45, 2.75) is 51.7 Å². The number of ether oxygens (including phenoxy) is 2. The quantitative estimate of drug-likeness (QED) is 0.243. The van der Waals surface area contributed by atoms with Gasteiger partial charge >= 0.3 is 5.97 Å². The van der Waals surface area contributed by atoms with Gasteiger partial charge in [0.05, 0.1) is 7.11 Å². The summed E-state index contributed by atoms with van der Waals surface area (Å²) >= 11 is 0. The Morgan fingerprint density at radius 3 is 2.61 bits per heavy atom.